The van der Waals surface area contributed by atoms with Gasteiger partial charge in [0, 0.05) is 0 Å². The molecule has 0 nitrogen and oxygen atoms in total. The smallest absolute Gasteiger partial charge is 0.0809 e. The highest BCUT2D eigenvalue weighted by molar-refractivity contribution is 6.36. The minimum absolute atomic E-state index is 0.263. The van der Waals surface area contributed by atoms with Gasteiger partial charge in [0.25, 0.3) is 0 Å². The fourth-order valence-electron chi connectivity index (χ4n) is 4.68. The number of hydrogen-bond acceptors (Lipinski definition) is 0. The Morgan fingerprint density at radius 2 is 1.04 bits per heavy atom. The van der Waals surface area contributed by atoms with Gasteiger partial charge in [0.05, 0.1) is 5.41 Å². The predicted octanol–water partition coefficient (Wildman–Crippen LogP) is 4.31. The van der Waals surface area contributed by atoms with Crippen molar-refractivity contribution in [2.45, 2.75) is 5.41 Å². The third kappa shape index (κ3) is 1.92. The molecule has 0 radical (unpaired) electrons. The molecule has 0 heterocycles. The van der Waals surface area contributed by atoms with Crippen LogP contribution in [0.25, 0.3) is 11.1 Å². The van der Waals surface area contributed by atoms with E-state index < -0.39 is 0 Å². The van der Waals surface area contributed by atoms with Crippen molar-refractivity contribution < 1.29 is 0 Å². The van der Waals surface area contributed by atoms with Gasteiger partial charge in [-0.1, -0.05) is 109 Å². The van der Waals surface area contributed by atoms with Crippen molar-refractivity contribution in [3.63, 3.8) is 0 Å². The molecule has 0 saturated carbocycles. The van der Waals surface area contributed by atoms with Crippen molar-refractivity contribution in [2.75, 3.05) is 0 Å². The van der Waals surface area contributed by atoms with Crippen molar-refractivity contribution >= 4 is 13.3 Å². The SMILES string of the molecule is Bc1cccc2c1-c1ccccc1C2(c1ccccc1)c1ccccc1. The van der Waals surface area contributed by atoms with Gasteiger partial charge in [0.15, 0.2) is 0 Å². The first kappa shape index (κ1) is 15.2. The van der Waals surface area contributed by atoms with Crippen molar-refractivity contribution in [1.29, 1.82) is 0 Å². The summed E-state index contributed by atoms with van der Waals surface area (Å²) in [6.07, 6.45) is 0. The van der Waals surface area contributed by atoms with Crippen LogP contribution in [-0.2, 0) is 5.41 Å². The predicted molar refractivity (Wildman–Crippen MR) is 112 cm³/mol. The monoisotopic (exact) mass is 330 g/mol. The lowest BCUT2D eigenvalue weighted by molar-refractivity contribution is 0.769. The summed E-state index contributed by atoms with van der Waals surface area (Å²) in [5.41, 5.74) is 9.22. The first-order valence-corrected chi connectivity index (χ1v) is 9.14. The van der Waals surface area contributed by atoms with Gasteiger partial charge in [0.2, 0.25) is 0 Å². The zero-order valence-corrected chi connectivity index (χ0v) is 14.8. The minimum atomic E-state index is -0.263. The molecule has 0 aliphatic heterocycles. The third-order valence-electron chi connectivity index (χ3n) is 5.69. The Morgan fingerprint density at radius 3 is 1.69 bits per heavy atom. The zero-order valence-electron chi connectivity index (χ0n) is 14.8. The molecule has 4 aromatic carbocycles. The average Bonchev–Trinajstić information content (AvgIpc) is 3.02. The normalized spacial score (nSPS) is 13.8. The summed E-state index contributed by atoms with van der Waals surface area (Å²) in [6.45, 7) is 0. The van der Waals surface area contributed by atoms with E-state index in [-0.39, 0.29) is 5.41 Å². The molecule has 1 heteroatoms. The van der Waals surface area contributed by atoms with Gasteiger partial charge in [0.1, 0.15) is 7.85 Å². The minimum Gasteiger partial charge on any atom is -0.0809 e. The highest BCUT2D eigenvalue weighted by Crippen LogP contribution is 2.55. The fourth-order valence-corrected chi connectivity index (χ4v) is 4.68. The van der Waals surface area contributed by atoms with Crippen molar-refractivity contribution in [3.8, 4) is 11.1 Å². The fraction of sp³-hybridized carbons (Fsp3) is 0.0400. The van der Waals surface area contributed by atoms with Crippen LogP contribution in [0.1, 0.15) is 22.3 Å². The molecule has 26 heavy (non-hydrogen) atoms. The first-order chi connectivity index (χ1) is 12.8. The Morgan fingerprint density at radius 1 is 0.500 bits per heavy atom. The Hall–Kier alpha value is -3.06. The summed E-state index contributed by atoms with van der Waals surface area (Å²) >= 11 is 0. The van der Waals surface area contributed by atoms with Gasteiger partial charge < -0.3 is 0 Å². The maximum absolute atomic E-state index is 2.31. The summed E-state index contributed by atoms with van der Waals surface area (Å²) in [5, 5.41) is 0. The highest BCUT2D eigenvalue weighted by Gasteiger charge is 2.45. The van der Waals surface area contributed by atoms with Gasteiger partial charge in [-0.2, -0.15) is 0 Å². The van der Waals surface area contributed by atoms with Crippen LogP contribution in [0, 0.1) is 0 Å². The van der Waals surface area contributed by atoms with Crippen LogP contribution in [0.15, 0.2) is 103 Å². The van der Waals surface area contributed by atoms with Gasteiger partial charge >= 0.3 is 0 Å². The Kier molecular flexibility index (Phi) is 3.36. The van der Waals surface area contributed by atoms with Crippen LogP contribution in [0.4, 0.5) is 0 Å². The lowest BCUT2D eigenvalue weighted by Gasteiger charge is -2.33. The van der Waals surface area contributed by atoms with Crippen molar-refractivity contribution in [3.05, 3.63) is 125 Å². The summed E-state index contributed by atoms with van der Waals surface area (Å²) in [5.74, 6) is 0. The maximum atomic E-state index is 2.31. The van der Waals surface area contributed by atoms with Crippen LogP contribution in [-0.4, -0.2) is 7.85 Å². The standard InChI is InChI=1S/C25H19B/c26-23-17-9-16-22-24(23)20-14-7-8-15-21(20)25(22,18-10-3-1-4-11-18)19-12-5-2-6-13-19/h1-17H,26H2. The van der Waals surface area contributed by atoms with Gasteiger partial charge in [-0.05, 0) is 33.4 Å². The Balaban J connectivity index is 2.00. The third-order valence-corrected chi connectivity index (χ3v) is 5.69. The molecule has 0 bridgehead atoms. The lowest BCUT2D eigenvalue weighted by atomic mass is 9.67. The Bertz CT molecular complexity index is 1040. The lowest BCUT2D eigenvalue weighted by Crippen LogP contribution is -2.29. The number of rotatable bonds is 2. The molecule has 1 aliphatic rings. The molecule has 0 N–H and O–H groups in total. The van der Waals surface area contributed by atoms with E-state index in [2.05, 4.69) is 111 Å². The van der Waals surface area contributed by atoms with E-state index in [1.54, 1.807) is 0 Å². The molecule has 4 aromatic rings. The molecule has 0 fully saturated rings. The van der Waals surface area contributed by atoms with Crippen LogP contribution in [0.5, 0.6) is 0 Å². The summed E-state index contributed by atoms with van der Waals surface area (Å²) in [4.78, 5) is 0. The number of benzene rings is 4. The summed E-state index contributed by atoms with van der Waals surface area (Å²) in [6, 6.07) is 37.5. The van der Waals surface area contributed by atoms with Crippen LogP contribution < -0.4 is 5.46 Å². The largest absolute Gasteiger partial charge is 0.140 e. The van der Waals surface area contributed by atoms with Gasteiger partial charge in [-0.25, -0.2) is 0 Å². The second kappa shape index (κ2) is 5.74. The van der Waals surface area contributed by atoms with Gasteiger partial charge in [-0.3, -0.25) is 0 Å². The van der Waals surface area contributed by atoms with E-state index in [0.29, 0.717) is 0 Å². The van der Waals surface area contributed by atoms with E-state index in [0.717, 1.165) is 0 Å². The average molecular weight is 330 g/mol. The van der Waals surface area contributed by atoms with Crippen molar-refractivity contribution in [2.24, 2.45) is 0 Å². The second-order valence-electron chi connectivity index (χ2n) is 7.03. The van der Waals surface area contributed by atoms with E-state index >= 15 is 0 Å². The van der Waals surface area contributed by atoms with Crippen molar-refractivity contribution in [1.82, 2.24) is 0 Å². The van der Waals surface area contributed by atoms with Crippen LogP contribution >= 0.6 is 0 Å². The quantitative estimate of drug-likeness (QED) is 0.423. The molecule has 122 valence electrons. The Labute approximate surface area is 155 Å². The van der Waals surface area contributed by atoms with Crippen LogP contribution in [0.2, 0.25) is 0 Å². The molecule has 0 aromatic heterocycles. The van der Waals surface area contributed by atoms with E-state index in [1.807, 2.05) is 0 Å². The molecule has 0 unspecified atom stereocenters. The molecule has 0 saturated heterocycles. The number of fused-ring (bicyclic) bond motifs is 3. The molecule has 0 amide bonds. The zero-order chi connectivity index (χ0) is 17.6. The molecule has 1 aliphatic carbocycles. The maximum Gasteiger partial charge on any atom is 0.140 e. The first-order valence-electron chi connectivity index (χ1n) is 9.14. The van der Waals surface area contributed by atoms with E-state index in [1.165, 1.54) is 38.8 Å². The summed E-state index contributed by atoms with van der Waals surface area (Å²) < 4.78 is 0. The van der Waals surface area contributed by atoms with Crippen LogP contribution in [0.3, 0.4) is 0 Å². The highest BCUT2D eigenvalue weighted by atomic mass is 14.5. The molecule has 0 atom stereocenters. The molecule has 5 rings (SSSR count). The molecular weight excluding hydrogens is 311 g/mol. The second-order valence-corrected chi connectivity index (χ2v) is 7.03. The molecular formula is C25H19B. The number of hydrogen-bond donors (Lipinski definition) is 0. The summed E-state index contributed by atoms with van der Waals surface area (Å²) in [7, 11) is 2.22. The van der Waals surface area contributed by atoms with E-state index in [9.17, 15) is 0 Å². The van der Waals surface area contributed by atoms with E-state index in [4.69, 9.17) is 0 Å². The van der Waals surface area contributed by atoms with Gasteiger partial charge in [-0.15, -0.1) is 0 Å². The topological polar surface area (TPSA) is 0 Å². The molecule has 0 spiro atoms.